The number of halogens is 3. The second kappa shape index (κ2) is 9.56. The van der Waals surface area contributed by atoms with Crippen LogP contribution in [-0.4, -0.2) is 106 Å². The summed E-state index contributed by atoms with van der Waals surface area (Å²) < 4.78 is 37.0. The minimum atomic E-state index is -5.08. The predicted molar refractivity (Wildman–Crippen MR) is 101 cm³/mol. The van der Waals surface area contributed by atoms with Gasteiger partial charge in [-0.3, -0.25) is 19.5 Å². The van der Waals surface area contributed by atoms with Crippen molar-refractivity contribution in [2.45, 2.75) is 19.2 Å². The Labute approximate surface area is 184 Å². The van der Waals surface area contributed by atoms with E-state index in [1.165, 1.54) is 13.0 Å². The Morgan fingerprint density at radius 1 is 1.12 bits per heavy atom. The molecule has 1 aromatic heterocycles. The van der Waals surface area contributed by atoms with Gasteiger partial charge in [-0.2, -0.15) is 18.3 Å². The van der Waals surface area contributed by atoms with Crippen LogP contribution in [0.25, 0.3) is 0 Å². The number of carboxylic acids is 1. The van der Waals surface area contributed by atoms with E-state index in [0.717, 1.165) is 0 Å². The van der Waals surface area contributed by atoms with Gasteiger partial charge in [0.05, 0.1) is 25.7 Å². The number of aliphatic carboxylic acids is 1. The highest BCUT2D eigenvalue weighted by molar-refractivity contribution is 6.40. The first-order valence-corrected chi connectivity index (χ1v) is 9.75. The maximum Gasteiger partial charge on any atom is 0.490 e. The summed E-state index contributed by atoms with van der Waals surface area (Å²) >= 11 is 0. The van der Waals surface area contributed by atoms with E-state index in [2.05, 4.69) is 15.4 Å². The van der Waals surface area contributed by atoms with Crippen molar-refractivity contribution in [3.05, 3.63) is 17.5 Å². The number of nitrogens with one attached hydrogen (secondary N) is 1. The van der Waals surface area contributed by atoms with Crippen LogP contribution in [0.4, 0.5) is 13.2 Å². The van der Waals surface area contributed by atoms with Crippen molar-refractivity contribution >= 4 is 29.3 Å². The first kappa shape index (κ1) is 24.2. The number of H-pyrrole nitrogens is 1. The molecule has 4 rings (SSSR count). The lowest BCUT2D eigenvalue weighted by molar-refractivity contribution is -0.192. The number of ether oxygens (including phenoxy) is 1. The molecule has 0 spiro atoms. The second-order valence-electron chi connectivity index (χ2n) is 7.37. The summed E-state index contributed by atoms with van der Waals surface area (Å²) in [4.78, 5) is 54.2. The zero-order valence-corrected chi connectivity index (χ0v) is 17.3. The van der Waals surface area contributed by atoms with Crippen molar-refractivity contribution < 1.29 is 47.0 Å². The van der Waals surface area contributed by atoms with Gasteiger partial charge in [0.2, 0.25) is 0 Å². The number of oxime groups is 1. The van der Waals surface area contributed by atoms with Crippen molar-refractivity contribution in [1.29, 1.82) is 0 Å². The van der Waals surface area contributed by atoms with Gasteiger partial charge in [0.15, 0.2) is 17.6 Å². The number of rotatable bonds is 3. The Kier molecular flexibility index (Phi) is 7.00. The fourth-order valence-corrected chi connectivity index (χ4v) is 3.41. The Balaban J connectivity index is 0.000000383. The van der Waals surface area contributed by atoms with Gasteiger partial charge in [0, 0.05) is 26.6 Å². The molecule has 3 aliphatic heterocycles. The smallest absolute Gasteiger partial charge is 0.475 e. The summed E-state index contributed by atoms with van der Waals surface area (Å²) in [5.74, 6) is -3.65. The number of morpholine rings is 1. The normalized spacial score (nSPS) is 22.0. The third-order valence-corrected chi connectivity index (χ3v) is 5.12. The molecule has 1 aromatic rings. The highest BCUT2D eigenvalue weighted by Crippen LogP contribution is 2.29. The molecule has 2 amide bonds. The minimum absolute atomic E-state index is 0.157. The van der Waals surface area contributed by atoms with Crippen LogP contribution in [0.5, 0.6) is 0 Å². The number of carboxylic acid groups (broad SMARTS) is 1. The maximum atomic E-state index is 12.7. The first-order valence-electron chi connectivity index (χ1n) is 9.75. The highest BCUT2D eigenvalue weighted by Gasteiger charge is 2.47. The fraction of sp³-hybridized carbons (Fsp3) is 0.556. The van der Waals surface area contributed by atoms with E-state index in [4.69, 9.17) is 19.5 Å². The molecule has 2 fully saturated rings. The molecular formula is C18H20F3N5O7. The number of alkyl halides is 3. The average molecular weight is 475 g/mol. The molecule has 2 N–H and O–H groups in total. The van der Waals surface area contributed by atoms with Gasteiger partial charge in [0.1, 0.15) is 11.4 Å². The number of carbonyl (C=O) groups is 4. The topological polar surface area (TPSA) is 154 Å². The number of Topliss-reactive ketones (excluding diaryl/α,β-unsaturated/α-hetero) is 1. The molecule has 0 radical (unpaired) electrons. The van der Waals surface area contributed by atoms with E-state index >= 15 is 0 Å². The minimum Gasteiger partial charge on any atom is -0.475 e. The summed E-state index contributed by atoms with van der Waals surface area (Å²) in [6.07, 6.45) is -5.41. The number of ketones is 1. The van der Waals surface area contributed by atoms with Crippen molar-refractivity contribution in [3.8, 4) is 0 Å². The van der Waals surface area contributed by atoms with Gasteiger partial charge in [-0.1, -0.05) is 5.16 Å². The number of hydrogen-bond donors (Lipinski definition) is 2. The number of likely N-dealkylation sites (tertiary alicyclic amines) is 1. The van der Waals surface area contributed by atoms with Crippen molar-refractivity contribution in [1.82, 2.24) is 20.0 Å². The van der Waals surface area contributed by atoms with Crippen molar-refractivity contribution in [3.63, 3.8) is 0 Å². The van der Waals surface area contributed by atoms with Crippen molar-refractivity contribution in [2.75, 3.05) is 39.4 Å². The van der Waals surface area contributed by atoms with E-state index in [1.807, 2.05) is 0 Å². The molecule has 15 heteroatoms. The van der Waals surface area contributed by atoms with E-state index < -0.39 is 12.1 Å². The quantitative estimate of drug-likeness (QED) is 0.576. The molecular weight excluding hydrogens is 455 g/mol. The van der Waals surface area contributed by atoms with Crippen LogP contribution in [0.1, 0.15) is 27.9 Å². The Hall–Kier alpha value is -3.49. The van der Waals surface area contributed by atoms with Crippen LogP contribution in [0.2, 0.25) is 0 Å². The van der Waals surface area contributed by atoms with E-state index in [9.17, 15) is 27.6 Å². The summed E-state index contributed by atoms with van der Waals surface area (Å²) in [6, 6.07) is 1.44. The van der Waals surface area contributed by atoms with Gasteiger partial charge in [-0.05, 0) is 6.07 Å². The van der Waals surface area contributed by atoms with E-state index in [0.29, 0.717) is 45.1 Å². The summed E-state index contributed by atoms with van der Waals surface area (Å²) in [6.45, 7) is 4.14. The third-order valence-electron chi connectivity index (χ3n) is 5.12. The maximum absolute atomic E-state index is 12.7. The molecule has 0 aromatic carbocycles. The molecule has 0 bridgehead atoms. The lowest BCUT2D eigenvalue weighted by atomic mass is 10.00. The second-order valence-corrected chi connectivity index (χ2v) is 7.37. The number of amides is 2. The van der Waals surface area contributed by atoms with Crippen LogP contribution in [0.15, 0.2) is 11.2 Å². The average Bonchev–Trinajstić information content (AvgIpc) is 3.49. The Morgan fingerprint density at radius 2 is 1.76 bits per heavy atom. The summed E-state index contributed by atoms with van der Waals surface area (Å²) in [7, 11) is 0. The van der Waals surface area contributed by atoms with Gasteiger partial charge in [-0.25, -0.2) is 4.79 Å². The molecule has 4 heterocycles. The SMILES string of the molecule is CC(=O)c1cc(C(=O)N2C[C@@H]3C(C(=O)N4CCOCC4)=NO[C@@H]3C2)[nH]n1.O=C(O)C(F)(F)F. The van der Waals surface area contributed by atoms with E-state index in [-0.39, 0.29) is 41.0 Å². The highest BCUT2D eigenvalue weighted by atomic mass is 19.4. The van der Waals surface area contributed by atoms with Crippen LogP contribution in [0.3, 0.4) is 0 Å². The van der Waals surface area contributed by atoms with Gasteiger partial charge in [-0.15, -0.1) is 0 Å². The summed E-state index contributed by atoms with van der Waals surface area (Å²) in [5.41, 5.74) is 0.822. The molecule has 33 heavy (non-hydrogen) atoms. The standard InChI is InChI=1S/C16H19N5O5.C2HF3O2/c1-9(22)11-6-12(18-17-11)15(23)21-7-10-13(8-21)26-19-14(10)16(24)20-2-4-25-5-3-20;3-2(4,5)1(6)7/h6,10,13H,2-5,7-8H2,1H3,(H,17,18);(H,6,7)/t10-,13+;/m0./s1. The van der Waals surface area contributed by atoms with Gasteiger partial charge < -0.3 is 24.5 Å². The molecule has 2 saturated heterocycles. The zero-order chi connectivity index (χ0) is 24.3. The molecule has 12 nitrogen and oxygen atoms in total. The van der Waals surface area contributed by atoms with Crippen molar-refractivity contribution in [2.24, 2.45) is 11.1 Å². The molecule has 3 aliphatic rings. The van der Waals surface area contributed by atoms with E-state index in [1.54, 1.807) is 9.80 Å². The number of fused-ring (bicyclic) bond motifs is 1. The van der Waals surface area contributed by atoms with Crippen LogP contribution in [-0.2, 0) is 19.2 Å². The molecule has 2 atom stereocenters. The monoisotopic (exact) mass is 475 g/mol. The molecule has 180 valence electrons. The fourth-order valence-electron chi connectivity index (χ4n) is 3.41. The van der Waals surface area contributed by atoms with Crippen LogP contribution < -0.4 is 0 Å². The number of carbonyl (C=O) groups excluding carboxylic acids is 3. The summed E-state index contributed by atoms with van der Waals surface area (Å²) in [5, 5.41) is 17.5. The number of aromatic amines is 1. The van der Waals surface area contributed by atoms with Gasteiger partial charge in [0.25, 0.3) is 11.8 Å². The number of hydrogen-bond acceptors (Lipinski definition) is 8. The lowest BCUT2D eigenvalue weighted by Gasteiger charge is -2.27. The largest absolute Gasteiger partial charge is 0.490 e. The molecule has 0 unspecified atom stereocenters. The molecule has 0 saturated carbocycles. The zero-order valence-electron chi connectivity index (χ0n) is 17.3. The third kappa shape index (κ3) is 5.47. The number of nitrogens with zero attached hydrogens (tertiary/aromatic N) is 4. The van der Waals surface area contributed by atoms with Crippen LogP contribution in [0, 0.1) is 5.92 Å². The predicted octanol–water partition coefficient (Wildman–Crippen LogP) is -0.0688. The Bertz CT molecular complexity index is 971. The van der Waals surface area contributed by atoms with Crippen LogP contribution >= 0.6 is 0 Å². The number of aromatic nitrogens is 2. The molecule has 0 aliphatic carbocycles. The van der Waals surface area contributed by atoms with Gasteiger partial charge >= 0.3 is 12.1 Å². The lowest BCUT2D eigenvalue weighted by Crippen LogP contribution is -2.46. The first-order chi connectivity index (χ1) is 15.5. The Morgan fingerprint density at radius 3 is 2.30 bits per heavy atom.